The van der Waals surface area contributed by atoms with Gasteiger partial charge < -0.3 is 69.4 Å². The van der Waals surface area contributed by atoms with E-state index in [1.165, 1.54) is 19.6 Å². The first-order valence-corrected chi connectivity index (χ1v) is 29.5. The van der Waals surface area contributed by atoms with Crippen molar-refractivity contribution in [1.82, 2.24) is 38.4 Å². The molecule has 3 aromatic rings. The summed E-state index contributed by atoms with van der Waals surface area (Å²) in [6, 6.07) is 13.6. The maximum absolute atomic E-state index is 14.5. The highest BCUT2D eigenvalue weighted by Crippen LogP contribution is 2.40. The lowest BCUT2D eigenvalue weighted by Gasteiger charge is -2.48. The first-order valence-electron chi connectivity index (χ1n) is 28.4. The molecule has 0 radical (unpaired) electrons. The number of likely N-dealkylation sites (N-methyl/N-ethyl adjacent to an activating group) is 1. The van der Waals surface area contributed by atoms with Crippen molar-refractivity contribution < 1.29 is 53.6 Å². The summed E-state index contributed by atoms with van der Waals surface area (Å²) < 4.78 is 43.8. The van der Waals surface area contributed by atoms with E-state index in [2.05, 4.69) is 78.0 Å². The number of halogens is 1. The Hall–Kier alpha value is -3.43. The number of nitrogens with one attached hydrogen (secondary N) is 1. The highest BCUT2D eigenvalue weighted by atomic mass is 127. The maximum atomic E-state index is 14.5. The van der Waals surface area contributed by atoms with Crippen molar-refractivity contribution in [2.45, 2.75) is 211 Å². The van der Waals surface area contributed by atoms with Gasteiger partial charge in [0.1, 0.15) is 29.6 Å². The zero-order valence-electron chi connectivity index (χ0n) is 49.1. The molecule has 0 unspecified atom stereocenters. The van der Waals surface area contributed by atoms with E-state index >= 15 is 0 Å². The van der Waals surface area contributed by atoms with Gasteiger partial charge in [-0.1, -0.05) is 44.2 Å². The number of aryl methyl sites for hydroxylation is 1. The van der Waals surface area contributed by atoms with Crippen LogP contribution in [0.4, 0.5) is 0 Å². The second-order valence-corrected chi connectivity index (χ2v) is 24.2. The van der Waals surface area contributed by atoms with Gasteiger partial charge in [0.05, 0.1) is 59.1 Å². The molecule has 6 rings (SSSR count). The predicted octanol–water partition coefficient (Wildman–Crippen LogP) is 6.31. The number of methoxy groups -OCH3 is 1. The van der Waals surface area contributed by atoms with Crippen LogP contribution in [0.15, 0.2) is 66.8 Å². The smallest absolute Gasteiger partial charge is 0.311 e. The van der Waals surface area contributed by atoms with Crippen LogP contribution in [0.2, 0.25) is 0 Å². The molecule has 0 amide bonds. The molecule has 3 fully saturated rings. The second-order valence-electron chi connectivity index (χ2n) is 23.7. The molecule has 7 N–H and O–H groups in total. The van der Waals surface area contributed by atoms with Gasteiger partial charge in [-0.3, -0.25) is 9.78 Å². The molecule has 444 valence electrons. The number of aromatic nitrogens is 4. The summed E-state index contributed by atoms with van der Waals surface area (Å²) >= 11 is 2.14. The summed E-state index contributed by atoms with van der Waals surface area (Å²) in [6.45, 7) is 20.0. The Morgan fingerprint density at radius 2 is 1.67 bits per heavy atom. The van der Waals surface area contributed by atoms with Crippen molar-refractivity contribution in [1.29, 1.82) is 0 Å². The Morgan fingerprint density at radius 3 is 2.33 bits per heavy atom. The summed E-state index contributed by atoms with van der Waals surface area (Å²) in [7, 11) is 5.49. The number of hydrazine groups is 1. The summed E-state index contributed by atoms with van der Waals surface area (Å²) in [5.41, 5.74) is 6.78. The number of carbonyl (C=O) groups excluding carboxylic acids is 1. The van der Waals surface area contributed by atoms with Crippen LogP contribution in [-0.4, -0.2) is 186 Å². The minimum atomic E-state index is -1.81. The summed E-state index contributed by atoms with van der Waals surface area (Å²) in [5.74, 6) is -2.48. The molecule has 0 aliphatic carbocycles. The number of hydrogen-bond donors (Lipinski definition) is 6. The number of ether oxygens (including phenoxy) is 6. The molecule has 21 heteroatoms. The summed E-state index contributed by atoms with van der Waals surface area (Å²) in [6.07, 6.45) is 3.23. The van der Waals surface area contributed by atoms with Crippen molar-refractivity contribution in [3.63, 3.8) is 0 Å². The van der Waals surface area contributed by atoms with E-state index in [-0.39, 0.29) is 37.3 Å². The standard InChI is InChI=1S/C58H94IN9O11/c1-14-48-58(10,73)52(69)40(6)66(12)33-36(2)31-56(8,72)54(38(4)51(39(5)55(71)77-48)78-50-32-57(9,74-13)53(70)41(7)76-50)79-49-30-45(29-37(3)75-49)65(11)28-25-43(60)34-67(63-59)27-18-16-19-42-21-23-44(24-22-42)68-35-47(62-64-68)46-20-15-17-26-61-46/h15,17,20-24,26,34-41,45,48-54,63,69-70,72-73H,14,16,18-19,25,27-33,60H2,1-13H3/b43-34-/t36-,37-,38+,39-,40-,41+,45+,48-,49+,50+,51+,52-,53+,54-,56-,57-,58-/m1/s1. The molecule has 0 saturated carbocycles. The minimum Gasteiger partial charge on any atom is -0.459 e. The molecule has 20 nitrogen and oxygen atoms in total. The molecule has 3 aliphatic rings. The Kier molecular flexibility index (Phi) is 23.5. The van der Waals surface area contributed by atoms with E-state index < -0.39 is 89.9 Å². The van der Waals surface area contributed by atoms with E-state index in [1.54, 1.807) is 45.5 Å². The fourth-order valence-corrected chi connectivity index (χ4v) is 12.3. The van der Waals surface area contributed by atoms with Crippen molar-refractivity contribution in [3.8, 4) is 17.1 Å². The van der Waals surface area contributed by atoms with Gasteiger partial charge in [0, 0.05) is 105 Å². The van der Waals surface area contributed by atoms with E-state index in [0.717, 1.165) is 55.0 Å². The lowest BCUT2D eigenvalue weighted by atomic mass is 9.77. The van der Waals surface area contributed by atoms with Crippen LogP contribution in [0.5, 0.6) is 0 Å². The quantitative estimate of drug-likeness (QED) is 0.0253. The number of nitrogens with two attached hydrogens (primary N) is 1. The average molecular weight is 1220 g/mol. The Morgan fingerprint density at radius 1 is 0.949 bits per heavy atom. The lowest BCUT2D eigenvalue weighted by Crippen LogP contribution is -2.59. The Balaban J connectivity index is 1.13. The van der Waals surface area contributed by atoms with Crippen molar-refractivity contribution >= 4 is 28.8 Å². The SMILES string of the molecule is CC[C@H]1OC(=O)[C@H](C)[C@@H](O[C@H]2C[C@@](C)(OC)[C@@H](O)[C@H](C)O2)[C@H](C)[C@@H](O[C@H]2C[C@@H](N(C)CC/C(N)=C/N(CCCCc3ccc(-n4cc(-c5ccccn5)nn4)cc3)NI)C[C@@H](C)O2)[C@](C)(O)C[C@@H](C)CN(C)[C@H](C)[C@@H](O)[C@]1(C)O. The van der Waals surface area contributed by atoms with Gasteiger partial charge in [-0.2, -0.15) is 3.64 Å². The molecule has 1 aromatic carbocycles. The molecule has 3 saturated heterocycles. The van der Waals surface area contributed by atoms with Crippen LogP contribution in [0.25, 0.3) is 17.1 Å². The predicted molar refractivity (Wildman–Crippen MR) is 310 cm³/mol. The molecule has 17 atom stereocenters. The second kappa shape index (κ2) is 28.7. The molecular formula is C58H94IN9O11. The fourth-order valence-electron chi connectivity index (χ4n) is 12.0. The Bertz CT molecular complexity index is 2370. The van der Waals surface area contributed by atoms with Gasteiger partial charge in [-0.25, -0.2) is 4.68 Å². The largest absolute Gasteiger partial charge is 0.459 e. The first kappa shape index (κ1) is 64.7. The molecule has 2 aromatic heterocycles. The van der Waals surface area contributed by atoms with Crippen LogP contribution in [-0.2, 0) is 39.6 Å². The van der Waals surface area contributed by atoms with Gasteiger partial charge in [-0.15, -0.1) is 5.10 Å². The maximum Gasteiger partial charge on any atom is 0.311 e. The fraction of sp³-hybridized carbons (Fsp3) is 0.724. The number of aliphatic hydroxyl groups is 4. The van der Waals surface area contributed by atoms with Gasteiger partial charge in [0.2, 0.25) is 0 Å². The summed E-state index contributed by atoms with van der Waals surface area (Å²) in [4.78, 5) is 23.2. The van der Waals surface area contributed by atoms with E-state index in [9.17, 15) is 25.2 Å². The van der Waals surface area contributed by atoms with Gasteiger partial charge in [0.25, 0.3) is 0 Å². The number of nitrogens with zero attached hydrogens (tertiary/aromatic N) is 7. The average Bonchev–Trinajstić information content (AvgIpc) is 4.02. The van der Waals surface area contributed by atoms with Crippen LogP contribution >= 0.6 is 22.9 Å². The van der Waals surface area contributed by atoms with Crippen molar-refractivity contribution in [2.75, 3.05) is 40.8 Å². The number of rotatable bonds is 19. The van der Waals surface area contributed by atoms with Gasteiger partial charge in [0.15, 0.2) is 12.6 Å². The monoisotopic (exact) mass is 1220 g/mol. The zero-order valence-corrected chi connectivity index (χ0v) is 51.2. The third kappa shape index (κ3) is 16.9. The molecule has 5 heterocycles. The number of carbonyl (C=O) groups is 1. The topological polar surface area (TPSA) is 245 Å². The van der Waals surface area contributed by atoms with E-state index in [4.69, 9.17) is 34.2 Å². The van der Waals surface area contributed by atoms with Crippen molar-refractivity contribution in [2.24, 2.45) is 23.5 Å². The molecule has 79 heavy (non-hydrogen) atoms. The minimum absolute atomic E-state index is 0.0488. The number of esters is 1. The van der Waals surface area contributed by atoms with E-state index in [1.807, 2.05) is 75.2 Å². The van der Waals surface area contributed by atoms with Crippen molar-refractivity contribution in [3.05, 3.63) is 72.3 Å². The van der Waals surface area contributed by atoms with Crippen LogP contribution in [0.3, 0.4) is 0 Å². The highest BCUT2D eigenvalue weighted by Gasteiger charge is 2.52. The summed E-state index contributed by atoms with van der Waals surface area (Å²) in [5, 5.41) is 58.2. The van der Waals surface area contributed by atoms with Crippen LogP contribution in [0.1, 0.15) is 126 Å². The molecule has 0 spiro atoms. The number of cyclic esters (lactones) is 1. The third-order valence-electron chi connectivity index (χ3n) is 16.9. The van der Waals surface area contributed by atoms with Gasteiger partial charge >= 0.3 is 5.97 Å². The zero-order chi connectivity index (χ0) is 58.0. The number of hydrogen-bond acceptors (Lipinski definition) is 19. The third-order valence-corrected chi connectivity index (χ3v) is 17.6. The van der Waals surface area contributed by atoms with Crippen LogP contribution < -0.4 is 9.37 Å². The first-order chi connectivity index (χ1) is 37.3. The van der Waals surface area contributed by atoms with E-state index in [0.29, 0.717) is 25.9 Å². The highest BCUT2D eigenvalue weighted by molar-refractivity contribution is 14.1. The van der Waals surface area contributed by atoms with Gasteiger partial charge in [-0.05, 0) is 137 Å². The molecule has 3 aliphatic heterocycles. The number of pyridine rings is 1. The normalized spacial score (nSPS) is 35.9. The lowest BCUT2D eigenvalue weighted by molar-refractivity contribution is -0.308. The number of aliphatic hydroxyl groups excluding tert-OH is 2. The number of unbranched alkanes of at least 4 members (excludes halogenated alkanes) is 1. The molecule has 0 bridgehead atoms. The molecular weight excluding hydrogens is 1130 g/mol. The Labute approximate surface area is 483 Å². The number of benzene rings is 1. The van der Waals surface area contributed by atoms with Crippen LogP contribution in [0, 0.1) is 17.8 Å².